The van der Waals surface area contributed by atoms with E-state index >= 15 is 0 Å². The molecular formula is C24H23ClN2O5S. The SMILES string of the molecule is CCOC(=O)c1c(NC(NC(=O)c2ccco2)C(=O)c2ccc(Cl)cc2)sc2c1CCCC2. The number of ketones is 1. The van der Waals surface area contributed by atoms with Crippen LogP contribution in [0.15, 0.2) is 47.1 Å². The predicted octanol–water partition coefficient (Wildman–Crippen LogP) is 5.10. The Hall–Kier alpha value is -3.10. The zero-order chi connectivity index (χ0) is 23.4. The Morgan fingerprint density at radius 3 is 2.61 bits per heavy atom. The average molecular weight is 487 g/mol. The number of hydrogen-bond acceptors (Lipinski definition) is 7. The fraction of sp³-hybridized carbons (Fsp3) is 0.292. The highest BCUT2D eigenvalue weighted by atomic mass is 35.5. The number of ether oxygens (including phenoxy) is 1. The van der Waals surface area contributed by atoms with Crippen molar-refractivity contribution in [1.82, 2.24) is 5.32 Å². The van der Waals surface area contributed by atoms with Gasteiger partial charge < -0.3 is 19.8 Å². The van der Waals surface area contributed by atoms with E-state index in [2.05, 4.69) is 10.6 Å². The molecule has 7 nitrogen and oxygen atoms in total. The van der Waals surface area contributed by atoms with Crippen LogP contribution < -0.4 is 10.6 Å². The van der Waals surface area contributed by atoms with Gasteiger partial charge in [-0.15, -0.1) is 11.3 Å². The maximum absolute atomic E-state index is 13.4. The number of anilines is 1. The minimum atomic E-state index is -1.14. The van der Waals surface area contributed by atoms with Crippen molar-refractivity contribution >= 4 is 45.6 Å². The van der Waals surface area contributed by atoms with Crippen molar-refractivity contribution in [3.63, 3.8) is 0 Å². The van der Waals surface area contributed by atoms with E-state index in [4.69, 9.17) is 20.8 Å². The third-order valence-electron chi connectivity index (χ3n) is 5.34. The van der Waals surface area contributed by atoms with E-state index in [1.807, 2.05) is 0 Å². The van der Waals surface area contributed by atoms with E-state index in [1.165, 1.54) is 23.7 Å². The van der Waals surface area contributed by atoms with Gasteiger partial charge in [0.25, 0.3) is 5.91 Å². The van der Waals surface area contributed by atoms with Gasteiger partial charge in [0.05, 0.1) is 18.4 Å². The van der Waals surface area contributed by atoms with Crippen molar-refractivity contribution in [2.45, 2.75) is 38.8 Å². The Morgan fingerprint density at radius 2 is 1.91 bits per heavy atom. The second-order valence-electron chi connectivity index (χ2n) is 7.53. The van der Waals surface area contributed by atoms with Gasteiger partial charge in [-0.2, -0.15) is 0 Å². The van der Waals surface area contributed by atoms with Crippen LogP contribution in [0, 0.1) is 0 Å². The molecule has 0 bridgehead atoms. The highest BCUT2D eigenvalue weighted by molar-refractivity contribution is 7.16. The number of carbonyl (C=O) groups is 3. The smallest absolute Gasteiger partial charge is 0.341 e. The zero-order valence-corrected chi connectivity index (χ0v) is 19.6. The summed E-state index contributed by atoms with van der Waals surface area (Å²) < 4.78 is 10.5. The molecule has 0 radical (unpaired) electrons. The number of amides is 1. The number of halogens is 1. The van der Waals surface area contributed by atoms with E-state index in [0.717, 1.165) is 36.1 Å². The number of nitrogens with one attached hydrogen (secondary N) is 2. The summed E-state index contributed by atoms with van der Waals surface area (Å²) in [5.41, 5.74) is 1.76. The summed E-state index contributed by atoms with van der Waals surface area (Å²) in [6.07, 6.45) is 3.90. The van der Waals surface area contributed by atoms with Crippen molar-refractivity contribution in [3.8, 4) is 0 Å². The molecule has 1 aliphatic rings. The molecule has 1 amide bonds. The Morgan fingerprint density at radius 1 is 1.15 bits per heavy atom. The number of furan rings is 1. The van der Waals surface area contributed by atoms with Gasteiger partial charge in [0.1, 0.15) is 5.00 Å². The van der Waals surface area contributed by atoms with Crippen molar-refractivity contribution in [2.24, 2.45) is 0 Å². The lowest BCUT2D eigenvalue weighted by molar-refractivity contribution is 0.0526. The van der Waals surface area contributed by atoms with Crippen LogP contribution in [0.3, 0.4) is 0 Å². The first-order chi connectivity index (χ1) is 16.0. The molecule has 2 heterocycles. The molecule has 1 aromatic carbocycles. The maximum Gasteiger partial charge on any atom is 0.341 e. The number of thiophene rings is 1. The summed E-state index contributed by atoms with van der Waals surface area (Å²) in [7, 11) is 0. The first kappa shape index (κ1) is 23.1. The number of fused-ring (bicyclic) bond motifs is 1. The van der Waals surface area contributed by atoms with E-state index in [9.17, 15) is 14.4 Å². The van der Waals surface area contributed by atoms with Crippen molar-refractivity contribution < 1.29 is 23.5 Å². The second-order valence-corrected chi connectivity index (χ2v) is 9.08. The van der Waals surface area contributed by atoms with Gasteiger partial charge >= 0.3 is 5.97 Å². The van der Waals surface area contributed by atoms with Gasteiger partial charge in [-0.1, -0.05) is 11.6 Å². The molecular weight excluding hydrogens is 464 g/mol. The third-order valence-corrected chi connectivity index (χ3v) is 6.81. The number of benzene rings is 1. The van der Waals surface area contributed by atoms with Gasteiger partial charge in [0.2, 0.25) is 5.78 Å². The Kier molecular flexibility index (Phi) is 7.15. The molecule has 2 N–H and O–H groups in total. The Labute approximate surface area is 200 Å². The van der Waals surface area contributed by atoms with E-state index in [1.54, 1.807) is 37.3 Å². The number of carbonyl (C=O) groups excluding carboxylic acids is 3. The largest absolute Gasteiger partial charge is 0.462 e. The standard InChI is InChI=1S/C24H23ClN2O5S/c1-2-31-24(30)19-16-6-3-4-8-18(16)33-23(19)27-21(26-22(29)17-7-5-13-32-17)20(28)14-9-11-15(25)12-10-14/h5,7,9-13,21,27H,2-4,6,8H2,1H3,(H,26,29). The van der Waals surface area contributed by atoms with Crippen LogP contribution in [-0.4, -0.2) is 30.4 Å². The number of rotatable bonds is 8. The van der Waals surface area contributed by atoms with Crippen LogP contribution in [0.25, 0.3) is 0 Å². The molecule has 4 rings (SSSR count). The topological polar surface area (TPSA) is 97.6 Å². The Balaban J connectivity index is 1.69. The lowest BCUT2D eigenvalue weighted by Crippen LogP contribution is -2.46. The van der Waals surface area contributed by atoms with Gasteiger partial charge in [-0.25, -0.2) is 4.79 Å². The maximum atomic E-state index is 13.4. The predicted molar refractivity (Wildman–Crippen MR) is 126 cm³/mol. The number of esters is 1. The third kappa shape index (κ3) is 5.12. The van der Waals surface area contributed by atoms with Crippen molar-refractivity contribution in [3.05, 3.63) is 75.0 Å². The van der Waals surface area contributed by atoms with E-state index in [0.29, 0.717) is 21.2 Å². The quantitative estimate of drug-likeness (QED) is 0.261. The highest BCUT2D eigenvalue weighted by Crippen LogP contribution is 2.39. The van der Waals surface area contributed by atoms with Crippen LogP contribution in [0.2, 0.25) is 5.02 Å². The van der Waals surface area contributed by atoms with E-state index < -0.39 is 18.0 Å². The first-order valence-corrected chi connectivity index (χ1v) is 11.9. The summed E-state index contributed by atoms with van der Waals surface area (Å²) in [6.45, 7) is 1.99. The van der Waals surface area contributed by atoms with Crippen LogP contribution in [0.1, 0.15) is 61.5 Å². The molecule has 1 unspecified atom stereocenters. The van der Waals surface area contributed by atoms with Crippen LogP contribution in [-0.2, 0) is 17.6 Å². The van der Waals surface area contributed by atoms with Crippen LogP contribution in [0.5, 0.6) is 0 Å². The highest BCUT2D eigenvalue weighted by Gasteiger charge is 2.30. The molecule has 0 fully saturated rings. The van der Waals surface area contributed by atoms with Gasteiger partial charge in [0, 0.05) is 15.5 Å². The molecule has 1 aliphatic carbocycles. The summed E-state index contributed by atoms with van der Waals surface area (Å²) in [5.74, 6) is -1.30. The second kappa shape index (κ2) is 10.2. The van der Waals surface area contributed by atoms with Crippen LogP contribution >= 0.6 is 22.9 Å². The fourth-order valence-corrected chi connectivity index (χ4v) is 5.21. The molecule has 0 saturated carbocycles. The van der Waals surface area contributed by atoms with Crippen molar-refractivity contribution in [2.75, 3.05) is 11.9 Å². The summed E-state index contributed by atoms with van der Waals surface area (Å²) in [6, 6.07) is 9.48. The fourth-order valence-electron chi connectivity index (χ4n) is 3.78. The first-order valence-electron chi connectivity index (χ1n) is 10.7. The van der Waals surface area contributed by atoms with Gasteiger partial charge in [-0.3, -0.25) is 9.59 Å². The Bertz CT molecular complexity index is 1150. The minimum Gasteiger partial charge on any atom is -0.462 e. The van der Waals surface area contributed by atoms with E-state index in [-0.39, 0.29) is 18.2 Å². The summed E-state index contributed by atoms with van der Waals surface area (Å²) in [4.78, 5) is 40.0. The number of Topliss-reactive ketones (excluding diaryl/α,β-unsaturated/α-hetero) is 1. The zero-order valence-electron chi connectivity index (χ0n) is 18.0. The normalized spacial score (nSPS) is 13.6. The molecule has 0 spiro atoms. The molecule has 33 heavy (non-hydrogen) atoms. The van der Waals surface area contributed by atoms with Crippen molar-refractivity contribution in [1.29, 1.82) is 0 Å². The molecule has 2 aromatic heterocycles. The monoisotopic (exact) mass is 486 g/mol. The summed E-state index contributed by atoms with van der Waals surface area (Å²) >= 11 is 7.39. The number of hydrogen-bond donors (Lipinski definition) is 2. The molecule has 0 saturated heterocycles. The van der Waals surface area contributed by atoms with Gasteiger partial charge in [-0.05, 0) is 74.6 Å². The lowest BCUT2D eigenvalue weighted by atomic mass is 9.95. The van der Waals surface area contributed by atoms with Gasteiger partial charge in [0.15, 0.2) is 11.9 Å². The average Bonchev–Trinajstić information content (AvgIpc) is 3.47. The molecule has 3 aromatic rings. The van der Waals surface area contributed by atoms with Crippen LogP contribution in [0.4, 0.5) is 5.00 Å². The molecule has 9 heteroatoms. The molecule has 0 aliphatic heterocycles. The summed E-state index contributed by atoms with van der Waals surface area (Å²) in [5, 5.41) is 6.80. The lowest BCUT2D eigenvalue weighted by Gasteiger charge is -2.20. The number of aryl methyl sites for hydroxylation is 1. The molecule has 172 valence electrons. The molecule has 1 atom stereocenters. The minimum absolute atomic E-state index is 0.0711.